The summed E-state index contributed by atoms with van der Waals surface area (Å²) in [4.78, 5) is 28.2. The molecule has 1 fully saturated rings. The summed E-state index contributed by atoms with van der Waals surface area (Å²) in [6, 6.07) is 9.32. The molecule has 1 amide bonds. The minimum absolute atomic E-state index is 0.0736. The number of hydrogen-bond donors (Lipinski definition) is 1. The summed E-state index contributed by atoms with van der Waals surface area (Å²) >= 11 is 0. The zero-order valence-corrected chi connectivity index (χ0v) is 12.0. The zero-order valence-electron chi connectivity index (χ0n) is 12.0. The number of H-pyrrole nitrogens is 1. The van der Waals surface area contributed by atoms with Gasteiger partial charge in [0, 0.05) is 25.9 Å². The van der Waals surface area contributed by atoms with Gasteiger partial charge in [-0.2, -0.15) is 4.68 Å². The maximum Gasteiger partial charge on any atom is 0.348 e. The van der Waals surface area contributed by atoms with Crippen LogP contribution in [0, 0.1) is 0 Å². The molecule has 0 radical (unpaired) electrons. The van der Waals surface area contributed by atoms with Crippen LogP contribution in [-0.4, -0.2) is 38.7 Å². The molecule has 0 saturated carbocycles. The number of rotatable bonds is 2. The zero-order chi connectivity index (χ0) is 14.8. The molecule has 3 rings (SSSR count). The van der Waals surface area contributed by atoms with Crippen molar-refractivity contribution in [3.8, 4) is 5.69 Å². The van der Waals surface area contributed by atoms with Gasteiger partial charge < -0.3 is 4.90 Å². The van der Waals surface area contributed by atoms with Crippen LogP contribution in [0.4, 0.5) is 0 Å². The van der Waals surface area contributed by atoms with Gasteiger partial charge in [-0.15, -0.1) is 5.10 Å². The molecule has 1 aliphatic rings. The van der Waals surface area contributed by atoms with Crippen molar-refractivity contribution in [1.82, 2.24) is 19.7 Å². The molecule has 1 atom stereocenters. The Morgan fingerprint density at radius 2 is 2.10 bits per heavy atom. The van der Waals surface area contributed by atoms with Crippen molar-refractivity contribution < 1.29 is 4.79 Å². The summed E-state index contributed by atoms with van der Waals surface area (Å²) in [5, 5.41) is 4.41. The molecule has 0 bridgehead atoms. The number of para-hydroxylation sites is 1. The number of carbonyl (C=O) groups excluding carboxylic acids is 1. The fourth-order valence-electron chi connectivity index (χ4n) is 2.75. The first-order chi connectivity index (χ1) is 10.1. The van der Waals surface area contributed by atoms with E-state index in [4.69, 9.17) is 0 Å². The molecule has 2 aromatic rings. The largest absolute Gasteiger partial charge is 0.348 e. The van der Waals surface area contributed by atoms with E-state index in [2.05, 4.69) is 10.1 Å². The molecule has 6 heteroatoms. The standard InChI is InChI=1S/C15H18N4O2/c1-11(20)18-9-5-6-12(10-18)14-16-15(21)19(17-14)13-7-3-2-4-8-13/h2-4,7-8,12H,5-6,9-10H2,1H3,(H,16,17,21). The highest BCUT2D eigenvalue weighted by atomic mass is 16.2. The minimum atomic E-state index is -0.240. The van der Waals surface area contributed by atoms with Gasteiger partial charge in [0.2, 0.25) is 5.91 Å². The van der Waals surface area contributed by atoms with Gasteiger partial charge in [0.05, 0.1) is 5.69 Å². The molecule has 1 unspecified atom stereocenters. The Morgan fingerprint density at radius 1 is 1.33 bits per heavy atom. The molecule has 110 valence electrons. The summed E-state index contributed by atoms with van der Waals surface area (Å²) in [5.74, 6) is 0.833. The Bertz CT molecular complexity index is 689. The lowest BCUT2D eigenvalue weighted by Crippen LogP contribution is -2.38. The monoisotopic (exact) mass is 286 g/mol. The number of nitrogens with zero attached hydrogens (tertiary/aromatic N) is 3. The second-order valence-corrected chi connectivity index (χ2v) is 5.37. The van der Waals surface area contributed by atoms with Crippen LogP contribution in [-0.2, 0) is 4.79 Å². The number of benzene rings is 1. The average molecular weight is 286 g/mol. The number of carbonyl (C=O) groups is 1. The van der Waals surface area contributed by atoms with Gasteiger partial charge in [-0.25, -0.2) is 4.79 Å². The molecule has 1 aromatic carbocycles. The number of amides is 1. The molecule has 0 spiro atoms. The van der Waals surface area contributed by atoms with E-state index in [0.717, 1.165) is 25.1 Å². The van der Waals surface area contributed by atoms with Crippen LogP contribution < -0.4 is 5.69 Å². The van der Waals surface area contributed by atoms with Gasteiger partial charge in [-0.1, -0.05) is 18.2 Å². The van der Waals surface area contributed by atoms with Crippen LogP contribution in [0.3, 0.4) is 0 Å². The van der Waals surface area contributed by atoms with Gasteiger partial charge in [0.25, 0.3) is 0 Å². The summed E-state index contributed by atoms with van der Waals surface area (Å²) in [6.07, 6.45) is 1.87. The van der Waals surface area contributed by atoms with E-state index in [1.165, 1.54) is 4.68 Å². The Morgan fingerprint density at radius 3 is 2.81 bits per heavy atom. The second-order valence-electron chi connectivity index (χ2n) is 5.37. The van der Waals surface area contributed by atoms with Crippen LogP contribution >= 0.6 is 0 Å². The average Bonchev–Trinajstić information content (AvgIpc) is 2.90. The molecule has 1 N–H and O–H groups in total. The van der Waals surface area contributed by atoms with Crippen molar-refractivity contribution >= 4 is 5.91 Å². The fourth-order valence-corrected chi connectivity index (χ4v) is 2.75. The SMILES string of the molecule is CC(=O)N1CCCC(c2nn(-c3ccccc3)c(=O)[nH]2)C1. The Labute approximate surface area is 122 Å². The van der Waals surface area contributed by atoms with Crippen molar-refractivity contribution in [2.24, 2.45) is 0 Å². The molecular formula is C15H18N4O2. The highest BCUT2D eigenvalue weighted by Gasteiger charge is 2.25. The third kappa shape index (κ3) is 2.74. The first kappa shape index (κ1) is 13.6. The highest BCUT2D eigenvalue weighted by molar-refractivity contribution is 5.73. The lowest BCUT2D eigenvalue weighted by Gasteiger charge is -2.30. The van der Waals surface area contributed by atoms with Gasteiger partial charge in [-0.05, 0) is 25.0 Å². The predicted molar refractivity (Wildman–Crippen MR) is 78.4 cm³/mol. The fraction of sp³-hybridized carbons (Fsp3) is 0.400. The molecule has 1 aromatic heterocycles. The second kappa shape index (κ2) is 5.55. The van der Waals surface area contributed by atoms with Crippen molar-refractivity contribution in [3.05, 3.63) is 46.6 Å². The Balaban J connectivity index is 1.87. The minimum Gasteiger partial charge on any atom is -0.342 e. The van der Waals surface area contributed by atoms with Crippen LogP contribution in [0.15, 0.2) is 35.1 Å². The number of aromatic nitrogens is 3. The smallest absolute Gasteiger partial charge is 0.342 e. The van der Waals surface area contributed by atoms with E-state index in [1.807, 2.05) is 35.2 Å². The van der Waals surface area contributed by atoms with Crippen molar-refractivity contribution in [3.63, 3.8) is 0 Å². The number of likely N-dealkylation sites (tertiary alicyclic amines) is 1. The number of piperidine rings is 1. The van der Waals surface area contributed by atoms with Gasteiger partial charge >= 0.3 is 5.69 Å². The molecule has 6 nitrogen and oxygen atoms in total. The normalized spacial score (nSPS) is 18.7. The van der Waals surface area contributed by atoms with Gasteiger partial charge in [-0.3, -0.25) is 9.78 Å². The maximum atomic E-state index is 12.1. The Kier molecular flexibility index (Phi) is 3.60. The molecule has 1 aliphatic heterocycles. The van der Waals surface area contributed by atoms with E-state index in [-0.39, 0.29) is 17.5 Å². The van der Waals surface area contributed by atoms with Crippen LogP contribution in [0.1, 0.15) is 31.5 Å². The van der Waals surface area contributed by atoms with Crippen molar-refractivity contribution in [1.29, 1.82) is 0 Å². The van der Waals surface area contributed by atoms with Crippen molar-refractivity contribution in [2.75, 3.05) is 13.1 Å². The Hall–Kier alpha value is -2.37. The predicted octanol–water partition coefficient (Wildman–Crippen LogP) is 1.29. The van der Waals surface area contributed by atoms with Crippen LogP contribution in [0.5, 0.6) is 0 Å². The number of aromatic amines is 1. The first-order valence-corrected chi connectivity index (χ1v) is 7.15. The van der Waals surface area contributed by atoms with E-state index in [0.29, 0.717) is 12.4 Å². The van der Waals surface area contributed by atoms with Crippen LogP contribution in [0.25, 0.3) is 5.69 Å². The molecule has 2 heterocycles. The summed E-state index contributed by atoms with van der Waals surface area (Å²) in [5.41, 5.74) is 0.500. The third-order valence-corrected chi connectivity index (χ3v) is 3.89. The third-order valence-electron chi connectivity index (χ3n) is 3.89. The van der Waals surface area contributed by atoms with Crippen molar-refractivity contribution in [2.45, 2.75) is 25.7 Å². The van der Waals surface area contributed by atoms with E-state index >= 15 is 0 Å². The maximum absolute atomic E-state index is 12.1. The van der Waals surface area contributed by atoms with E-state index in [1.54, 1.807) is 6.92 Å². The quantitative estimate of drug-likeness (QED) is 0.904. The lowest BCUT2D eigenvalue weighted by molar-refractivity contribution is -0.130. The lowest BCUT2D eigenvalue weighted by atomic mass is 9.97. The summed E-state index contributed by atoms with van der Waals surface area (Å²) in [6.45, 7) is 2.99. The van der Waals surface area contributed by atoms with Gasteiger partial charge in [0.1, 0.15) is 5.82 Å². The summed E-state index contributed by atoms with van der Waals surface area (Å²) in [7, 11) is 0. The highest BCUT2D eigenvalue weighted by Crippen LogP contribution is 2.24. The van der Waals surface area contributed by atoms with E-state index < -0.39 is 0 Å². The number of hydrogen-bond acceptors (Lipinski definition) is 3. The van der Waals surface area contributed by atoms with Crippen LogP contribution in [0.2, 0.25) is 0 Å². The number of nitrogens with one attached hydrogen (secondary N) is 1. The summed E-state index contributed by atoms with van der Waals surface area (Å²) < 4.78 is 1.38. The molecular weight excluding hydrogens is 268 g/mol. The van der Waals surface area contributed by atoms with Gasteiger partial charge in [0.15, 0.2) is 0 Å². The topological polar surface area (TPSA) is 71.0 Å². The first-order valence-electron chi connectivity index (χ1n) is 7.15. The molecule has 1 saturated heterocycles. The molecule has 0 aliphatic carbocycles. The molecule has 21 heavy (non-hydrogen) atoms. The van der Waals surface area contributed by atoms with E-state index in [9.17, 15) is 9.59 Å².